The number of aryl methyl sites for hydroxylation is 1. The fourth-order valence-electron chi connectivity index (χ4n) is 2.38. The van der Waals surface area contributed by atoms with Crippen LogP contribution in [0.2, 0.25) is 0 Å². The molecule has 0 aliphatic carbocycles. The van der Waals surface area contributed by atoms with Gasteiger partial charge in [0, 0.05) is 19.7 Å². The molecule has 2 aromatic rings. The number of benzene rings is 1. The van der Waals surface area contributed by atoms with E-state index >= 15 is 0 Å². The molecule has 118 valence electrons. The molecule has 0 bridgehead atoms. The molecular weight excluding hydrogens is 296 g/mol. The number of aromatic nitrogens is 2. The molecule has 8 heteroatoms. The fraction of sp³-hybridized carbons (Fsp3) is 0.200. The quantitative estimate of drug-likeness (QED) is 0.856. The summed E-state index contributed by atoms with van der Waals surface area (Å²) in [7, 11) is 1.75. The Morgan fingerprint density at radius 3 is 2.65 bits per heavy atom. The van der Waals surface area contributed by atoms with Crippen molar-refractivity contribution < 1.29 is 9.59 Å². The molecule has 1 aliphatic heterocycles. The average Bonchev–Trinajstić information content (AvgIpc) is 3.15. The average molecular weight is 312 g/mol. The fourth-order valence-corrected chi connectivity index (χ4v) is 2.38. The number of hydrazone groups is 1. The third kappa shape index (κ3) is 3.05. The lowest BCUT2D eigenvalue weighted by atomic mass is 10.1. The second-order valence-electron chi connectivity index (χ2n) is 5.21. The number of rotatable bonds is 4. The van der Waals surface area contributed by atoms with Crippen molar-refractivity contribution in [2.45, 2.75) is 12.5 Å². The number of amides is 2. The van der Waals surface area contributed by atoms with Gasteiger partial charge in [-0.05, 0) is 12.1 Å². The summed E-state index contributed by atoms with van der Waals surface area (Å²) in [5, 5.41) is 12.4. The third-order valence-electron chi connectivity index (χ3n) is 3.48. The zero-order chi connectivity index (χ0) is 16.4. The topological polar surface area (TPSA) is 106 Å². The van der Waals surface area contributed by atoms with E-state index in [1.54, 1.807) is 30.1 Å². The van der Waals surface area contributed by atoms with Crippen LogP contribution in [0.15, 0.2) is 47.8 Å². The van der Waals surface area contributed by atoms with Gasteiger partial charge in [0.25, 0.3) is 5.91 Å². The number of carbonyl (C=O) groups is 2. The second-order valence-corrected chi connectivity index (χ2v) is 5.21. The van der Waals surface area contributed by atoms with Crippen molar-refractivity contribution in [3.05, 3.63) is 42.7 Å². The molecule has 0 spiro atoms. The number of primary amides is 1. The predicted octanol–water partition coefficient (Wildman–Crippen LogP) is 0.479. The van der Waals surface area contributed by atoms with Gasteiger partial charge in [0.1, 0.15) is 11.8 Å². The van der Waals surface area contributed by atoms with Gasteiger partial charge in [0.15, 0.2) is 0 Å². The Balaban J connectivity index is 1.82. The second kappa shape index (κ2) is 5.91. The molecule has 8 nitrogen and oxygen atoms in total. The van der Waals surface area contributed by atoms with Gasteiger partial charge in [0.2, 0.25) is 5.91 Å². The molecule has 0 fully saturated rings. The molecule has 2 heterocycles. The molecule has 0 unspecified atom stereocenters. The summed E-state index contributed by atoms with van der Waals surface area (Å²) in [5.74, 6) is -0.899. The van der Waals surface area contributed by atoms with Gasteiger partial charge in [-0.15, -0.1) is 0 Å². The van der Waals surface area contributed by atoms with Crippen LogP contribution in [0.4, 0.5) is 11.4 Å². The molecule has 0 saturated heterocycles. The van der Waals surface area contributed by atoms with Crippen molar-refractivity contribution in [2.24, 2.45) is 17.9 Å². The summed E-state index contributed by atoms with van der Waals surface area (Å²) >= 11 is 0. The Morgan fingerprint density at radius 2 is 2.04 bits per heavy atom. The number of nitrogens with one attached hydrogen (secondary N) is 1. The molecule has 1 atom stereocenters. The number of hydrogen-bond donors (Lipinski definition) is 2. The van der Waals surface area contributed by atoms with Crippen molar-refractivity contribution in [1.82, 2.24) is 9.78 Å². The Hall–Kier alpha value is -3.16. The Bertz CT molecular complexity index is 767. The highest BCUT2D eigenvalue weighted by Crippen LogP contribution is 2.24. The van der Waals surface area contributed by atoms with Crippen LogP contribution in [-0.2, 0) is 16.6 Å². The molecule has 1 aliphatic rings. The minimum atomic E-state index is -0.674. The van der Waals surface area contributed by atoms with Crippen LogP contribution in [0, 0.1) is 0 Å². The van der Waals surface area contributed by atoms with Gasteiger partial charge < -0.3 is 11.1 Å². The summed E-state index contributed by atoms with van der Waals surface area (Å²) in [6.45, 7) is 0. The van der Waals surface area contributed by atoms with Crippen LogP contribution in [0.25, 0.3) is 0 Å². The lowest BCUT2D eigenvalue weighted by Crippen LogP contribution is -2.39. The van der Waals surface area contributed by atoms with E-state index in [4.69, 9.17) is 5.73 Å². The van der Waals surface area contributed by atoms with E-state index in [0.717, 1.165) is 0 Å². The van der Waals surface area contributed by atoms with Gasteiger partial charge in [0.05, 0.1) is 17.6 Å². The maximum atomic E-state index is 12.3. The molecule has 2 amide bonds. The molecule has 1 aromatic heterocycles. The van der Waals surface area contributed by atoms with E-state index in [2.05, 4.69) is 15.5 Å². The first-order chi connectivity index (χ1) is 11.0. The first kappa shape index (κ1) is 14.8. The van der Waals surface area contributed by atoms with Gasteiger partial charge in [-0.2, -0.15) is 10.2 Å². The highest BCUT2D eigenvalue weighted by atomic mass is 16.2. The Kier molecular flexibility index (Phi) is 3.80. The summed E-state index contributed by atoms with van der Waals surface area (Å²) < 4.78 is 1.58. The largest absolute Gasteiger partial charge is 0.368 e. The van der Waals surface area contributed by atoms with Gasteiger partial charge in [-0.1, -0.05) is 18.2 Å². The maximum absolute atomic E-state index is 12.3. The minimum absolute atomic E-state index is 0.163. The van der Waals surface area contributed by atoms with Gasteiger partial charge in [-0.25, -0.2) is 0 Å². The molecule has 3 N–H and O–H groups in total. The number of anilines is 2. The third-order valence-corrected chi connectivity index (χ3v) is 3.48. The Labute approximate surface area is 132 Å². The van der Waals surface area contributed by atoms with Crippen LogP contribution in [0.1, 0.15) is 6.42 Å². The molecule has 3 rings (SSSR count). The Morgan fingerprint density at radius 1 is 1.30 bits per heavy atom. The van der Waals surface area contributed by atoms with Crippen molar-refractivity contribution in [1.29, 1.82) is 0 Å². The molecule has 23 heavy (non-hydrogen) atoms. The van der Waals surface area contributed by atoms with Crippen LogP contribution in [-0.4, -0.2) is 33.3 Å². The van der Waals surface area contributed by atoms with Crippen LogP contribution >= 0.6 is 0 Å². The number of para-hydroxylation sites is 1. The molecule has 0 saturated carbocycles. The zero-order valence-corrected chi connectivity index (χ0v) is 12.5. The van der Waals surface area contributed by atoms with Gasteiger partial charge in [-0.3, -0.25) is 19.3 Å². The van der Waals surface area contributed by atoms with E-state index in [1.165, 1.54) is 11.2 Å². The van der Waals surface area contributed by atoms with Crippen molar-refractivity contribution >= 4 is 28.9 Å². The summed E-state index contributed by atoms with van der Waals surface area (Å²) in [6.07, 6.45) is 3.37. The summed E-state index contributed by atoms with van der Waals surface area (Å²) in [4.78, 5) is 24.0. The number of hydrogen-bond acceptors (Lipinski definition) is 5. The van der Waals surface area contributed by atoms with E-state index in [0.29, 0.717) is 11.4 Å². The van der Waals surface area contributed by atoms with Crippen LogP contribution in [0.5, 0.6) is 0 Å². The van der Waals surface area contributed by atoms with Gasteiger partial charge >= 0.3 is 0 Å². The molecular formula is C15H16N6O2. The zero-order valence-electron chi connectivity index (χ0n) is 12.5. The highest BCUT2D eigenvalue weighted by molar-refractivity contribution is 6.44. The van der Waals surface area contributed by atoms with Crippen molar-refractivity contribution in [2.75, 3.05) is 10.3 Å². The monoisotopic (exact) mass is 312 g/mol. The molecule has 0 radical (unpaired) electrons. The summed E-state index contributed by atoms with van der Waals surface area (Å²) in [5.41, 5.74) is 6.97. The van der Waals surface area contributed by atoms with Crippen molar-refractivity contribution in [3.63, 3.8) is 0 Å². The highest BCUT2D eigenvalue weighted by Gasteiger charge is 2.34. The standard InChI is InChI=1S/C15H16N6O2/c1-20-9-10(8-17-20)18-15(23)12-7-13(14(16)22)21(19-12)11-5-3-2-4-6-11/h2-6,8-9,13H,7H2,1H3,(H2,16,22)(H,18,23)/t13-/m0/s1. The normalized spacial score (nSPS) is 17.0. The maximum Gasteiger partial charge on any atom is 0.272 e. The SMILES string of the molecule is Cn1cc(NC(=O)C2=NN(c3ccccc3)[C@H](C(N)=O)C2)cn1. The minimum Gasteiger partial charge on any atom is -0.368 e. The first-order valence-corrected chi connectivity index (χ1v) is 7.05. The summed E-state index contributed by atoms with van der Waals surface area (Å²) in [6, 6.07) is 8.46. The van der Waals surface area contributed by atoms with E-state index < -0.39 is 11.9 Å². The number of carbonyl (C=O) groups excluding carboxylic acids is 2. The smallest absolute Gasteiger partial charge is 0.272 e. The van der Waals surface area contributed by atoms with Crippen molar-refractivity contribution in [3.8, 4) is 0 Å². The number of nitrogens with two attached hydrogens (primary N) is 1. The number of nitrogens with zero attached hydrogens (tertiary/aromatic N) is 4. The molecule has 1 aromatic carbocycles. The predicted molar refractivity (Wildman–Crippen MR) is 85.8 cm³/mol. The van der Waals surface area contributed by atoms with E-state index in [9.17, 15) is 9.59 Å². The van der Waals surface area contributed by atoms with Crippen LogP contribution < -0.4 is 16.1 Å². The van der Waals surface area contributed by atoms with E-state index in [1.807, 2.05) is 18.2 Å². The first-order valence-electron chi connectivity index (χ1n) is 7.05. The van der Waals surface area contributed by atoms with Crippen LogP contribution in [0.3, 0.4) is 0 Å². The lowest BCUT2D eigenvalue weighted by molar-refractivity contribution is -0.119. The lowest BCUT2D eigenvalue weighted by Gasteiger charge is -2.20. The van der Waals surface area contributed by atoms with E-state index in [-0.39, 0.29) is 18.0 Å².